The second-order valence-electron chi connectivity index (χ2n) is 4.65. The van der Waals surface area contributed by atoms with E-state index in [4.69, 9.17) is 12.2 Å². The molecule has 0 radical (unpaired) electrons. The lowest BCUT2D eigenvalue weighted by Crippen LogP contribution is -2.01. The number of rotatable bonds is 2. The summed E-state index contributed by atoms with van der Waals surface area (Å²) < 4.78 is 4.19. The average molecular weight is 274 g/mol. The summed E-state index contributed by atoms with van der Waals surface area (Å²) in [5.41, 5.74) is 2.35. The number of aromatic nitrogens is 2. The van der Waals surface area contributed by atoms with Gasteiger partial charge in [0.05, 0.1) is 0 Å². The van der Waals surface area contributed by atoms with Gasteiger partial charge in [0.25, 0.3) is 0 Å². The van der Waals surface area contributed by atoms with Gasteiger partial charge in [-0.3, -0.25) is 4.57 Å². The smallest absolute Gasteiger partial charge is 0.182 e. The zero-order chi connectivity index (χ0) is 12.7. The van der Waals surface area contributed by atoms with Crippen LogP contribution < -0.4 is 0 Å². The Kier molecular flexibility index (Phi) is 2.84. The van der Waals surface area contributed by atoms with Gasteiger partial charge in [0.2, 0.25) is 0 Å². The van der Waals surface area contributed by atoms with Crippen molar-refractivity contribution in [2.75, 3.05) is 0 Å². The number of aromatic amines is 1. The second-order valence-corrected chi connectivity index (χ2v) is 5.99. The van der Waals surface area contributed by atoms with Gasteiger partial charge < -0.3 is 4.98 Å². The molecule has 0 aliphatic carbocycles. The molecule has 3 rings (SSSR count). The lowest BCUT2D eigenvalue weighted by atomic mass is 10.1. The first-order valence-corrected chi connectivity index (χ1v) is 7.23. The van der Waals surface area contributed by atoms with Crippen molar-refractivity contribution in [3.63, 3.8) is 0 Å². The van der Waals surface area contributed by atoms with Crippen LogP contribution in [0.25, 0.3) is 15.8 Å². The quantitative estimate of drug-likeness (QED) is 0.661. The van der Waals surface area contributed by atoms with Crippen LogP contribution in [0.2, 0.25) is 0 Å². The lowest BCUT2D eigenvalue weighted by molar-refractivity contribution is 0.784. The zero-order valence-electron chi connectivity index (χ0n) is 10.3. The van der Waals surface area contributed by atoms with E-state index in [9.17, 15) is 0 Å². The highest BCUT2D eigenvalue weighted by Crippen LogP contribution is 2.26. The van der Waals surface area contributed by atoms with Gasteiger partial charge in [0.15, 0.2) is 4.77 Å². The predicted molar refractivity (Wildman–Crippen MR) is 80.4 cm³/mol. The number of H-pyrrole nitrogens is 1. The minimum atomic E-state index is 0.441. The van der Waals surface area contributed by atoms with Gasteiger partial charge in [0, 0.05) is 22.3 Å². The molecule has 4 heteroatoms. The standard InChI is InChI=1S/C14H14N2S2/c1-9(2)12-8-15-14(17)16(12)11-3-4-13-10(7-11)5-6-18-13/h3-9H,1-2H3,(H,15,17). The number of hydrogen-bond donors (Lipinski definition) is 1. The van der Waals surface area contributed by atoms with Crippen LogP contribution in [-0.4, -0.2) is 9.55 Å². The van der Waals surface area contributed by atoms with Crippen LogP contribution in [0.5, 0.6) is 0 Å². The molecule has 2 heterocycles. The van der Waals surface area contributed by atoms with E-state index in [1.54, 1.807) is 11.3 Å². The first kappa shape index (κ1) is 11.7. The van der Waals surface area contributed by atoms with Gasteiger partial charge in [0.1, 0.15) is 0 Å². The van der Waals surface area contributed by atoms with Gasteiger partial charge in [-0.2, -0.15) is 0 Å². The molecule has 0 saturated carbocycles. The van der Waals surface area contributed by atoms with Crippen LogP contribution in [0.15, 0.2) is 35.8 Å². The van der Waals surface area contributed by atoms with Gasteiger partial charge in [-0.05, 0) is 53.2 Å². The molecule has 0 saturated heterocycles. The van der Waals surface area contributed by atoms with Crippen LogP contribution in [-0.2, 0) is 0 Å². The molecule has 3 aromatic rings. The Bertz CT molecular complexity index is 746. The summed E-state index contributed by atoms with van der Waals surface area (Å²) in [4.78, 5) is 3.14. The summed E-state index contributed by atoms with van der Waals surface area (Å²) >= 11 is 7.15. The molecule has 0 bridgehead atoms. The van der Waals surface area contributed by atoms with Crippen LogP contribution in [0.1, 0.15) is 25.5 Å². The third-order valence-corrected chi connectivity index (χ3v) is 4.29. The molecular formula is C14H14N2S2. The summed E-state index contributed by atoms with van der Waals surface area (Å²) in [5.74, 6) is 0.441. The van der Waals surface area contributed by atoms with E-state index >= 15 is 0 Å². The predicted octanol–water partition coefficient (Wildman–Crippen LogP) is 4.87. The molecule has 1 aromatic carbocycles. The van der Waals surface area contributed by atoms with Gasteiger partial charge in [-0.25, -0.2) is 0 Å². The topological polar surface area (TPSA) is 20.7 Å². The summed E-state index contributed by atoms with van der Waals surface area (Å²) in [6.07, 6.45) is 2.00. The van der Waals surface area contributed by atoms with E-state index in [-0.39, 0.29) is 0 Å². The molecule has 0 fully saturated rings. The molecule has 92 valence electrons. The van der Waals surface area contributed by atoms with Crippen LogP contribution >= 0.6 is 23.6 Å². The van der Waals surface area contributed by atoms with E-state index in [1.807, 2.05) is 6.20 Å². The molecule has 0 amide bonds. The Morgan fingerprint density at radius 1 is 1.28 bits per heavy atom. The minimum Gasteiger partial charge on any atom is -0.337 e. The van der Waals surface area contributed by atoms with Crippen molar-refractivity contribution in [2.45, 2.75) is 19.8 Å². The largest absolute Gasteiger partial charge is 0.337 e. The molecule has 0 aliphatic rings. The SMILES string of the molecule is CC(C)c1c[nH]c(=S)n1-c1ccc2sccc2c1. The number of thiophene rings is 1. The molecule has 2 aromatic heterocycles. The average Bonchev–Trinajstić information content (AvgIpc) is 2.93. The number of nitrogens with one attached hydrogen (secondary N) is 1. The van der Waals surface area contributed by atoms with E-state index < -0.39 is 0 Å². The van der Waals surface area contributed by atoms with Gasteiger partial charge in [-0.1, -0.05) is 13.8 Å². The second kappa shape index (κ2) is 4.37. The van der Waals surface area contributed by atoms with Gasteiger partial charge in [-0.15, -0.1) is 11.3 Å². The van der Waals surface area contributed by atoms with Crippen LogP contribution in [0, 0.1) is 4.77 Å². The molecule has 0 spiro atoms. The highest BCUT2D eigenvalue weighted by molar-refractivity contribution is 7.71. The van der Waals surface area contributed by atoms with Crippen molar-refractivity contribution in [3.05, 3.63) is 46.3 Å². The summed E-state index contributed by atoms with van der Waals surface area (Å²) in [7, 11) is 0. The fourth-order valence-corrected chi connectivity index (χ4v) is 3.21. The molecular weight excluding hydrogens is 260 g/mol. The Morgan fingerprint density at radius 3 is 2.89 bits per heavy atom. The fourth-order valence-electron chi connectivity index (χ4n) is 2.17. The normalized spacial score (nSPS) is 11.5. The maximum Gasteiger partial charge on any atom is 0.182 e. The summed E-state index contributed by atoms with van der Waals surface area (Å²) in [6.45, 7) is 4.36. The molecule has 0 unspecified atom stereocenters. The highest BCUT2D eigenvalue weighted by Gasteiger charge is 2.10. The Morgan fingerprint density at radius 2 is 2.11 bits per heavy atom. The van der Waals surface area contributed by atoms with E-state index in [0.29, 0.717) is 5.92 Å². The summed E-state index contributed by atoms with van der Waals surface area (Å²) in [6, 6.07) is 8.64. The third kappa shape index (κ3) is 1.82. The van der Waals surface area contributed by atoms with Crippen molar-refractivity contribution in [2.24, 2.45) is 0 Å². The van der Waals surface area contributed by atoms with Crippen molar-refractivity contribution in [3.8, 4) is 5.69 Å². The van der Waals surface area contributed by atoms with Crippen molar-refractivity contribution >= 4 is 33.6 Å². The molecule has 0 aliphatic heterocycles. The monoisotopic (exact) mass is 274 g/mol. The Labute approximate surface area is 115 Å². The minimum absolute atomic E-state index is 0.441. The molecule has 2 nitrogen and oxygen atoms in total. The zero-order valence-corrected chi connectivity index (χ0v) is 11.9. The fraction of sp³-hybridized carbons (Fsp3) is 0.214. The first-order valence-electron chi connectivity index (χ1n) is 5.95. The number of nitrogens with zero attached hydrogens (tertiary/aromatic N) is 1. The number of benzene rings is 1. The van der Waals surface area contributed by atoms with Gasteiger partial charge >= 0.3 is 0 Å². The third-order valence-electron chi connectivity index (χ3n) is 3.09. The van der Waals surface area contributed by atoms with Crippen molar-refractivity contribution in [1.82, 2.24) is 9.55 Å². The molecule has 1 N–H and O–H groups in total. The van der Waals surface area contributed by atoms with E-state index in [2.05, 4.69) is 53.0 Å². The Hall–Kier alpha value is -1.39. The number of fused-ring (bicyclic) bond motifs is 1. The maximum atomic E-state index is 5.39. The molecule has 0 atom stereocenters. The molecule has 18 heavy (non-hydrogen) atoms. The summed E-state index contributed by atoms with van der Waals surface area (Å²) in [5, 5.41) is 3.39. The number of imidazole rings is 1. The maximum absolute atomic E-state index is 5.39. The van der Waals surface area contributed by atoms with Crippen LogP contribution in [0.4, 0.5) is 0 Å². The van der Waals surface area contributed by atoms with Crippen LogP contribution in [0.3, 0.4) is 0 Å². The number of hydrogen-bond acceptors (Lipinski definition) is 2. The first-order chi connectivity index (χ1) is 8.66. The highest BCUT2D eigenvalue weighted by atomic mass is 32.1. The van der Waals surface area contributed by atoms with E-state index in [1.165, 1.54) is 15.8 Å². The Balaban J connectivity index is 2.25. The van der Waals surface area contributed by atoms with E-state index in [0.717, 1.165) is 10.5 Å². The lowest BCUT2D eigenvalue weighted by Gasteiger charge is -2.11. The van der Waals surface area contributed by atoms with Crippen molar-refractivity contribution < 1.29 is 0 Å². The van der Waals surface area contributed by atoms with Crippen molar-refractivity contribution in [1.29, 1.82) is 0 Å².